The molecule has 1 aliphatic rings. The Morgan fingerprint density at radius 1 is 1.27 bits per heavy atom. The number of rotatable bonds is 10. The molecule has 0 spiro atoms. The number of ether oxygens (including phenoxy) is 2. The number of benzene rings is 1. The predicted octanol–water partition coefficient (Wildman–Crippen LogP) is 1.44. The summed E-state index contributed by atoms with van der Waals surface area (Å²) in [5, 5.41) is 5.57. The standard InChI is InChI=1S/C24H26ClN7O5/c1-15(22(28-8-6-26)24(35)31-20-5-2-16(25)13-29-20)23(34)30-18-4-3-17(12-19(18)37-10-7-27)32-9-11-36-14-21(32)33/h2-6,8,12-13H,1,7,9-11,14,26-27H2,(H,30,34)(H,29,31,35)/b8-6-,28-22+. The van der Waals surface area contributed by atoms with Crippen LogP contribution in [0.4, 0.5) is 17.2 Å². The highest BCUT2D eigenvalue weighted by Gasteiger charge is 2.24. The second-order valence-electron chi connectivity index (χ2n) is 7.48. The number of pyridine rings is 1. The Morgan fingerprint density at radius 3 is 2.76 bits per heavy atom. The minimum absolute atomic E-state index is 0.0235. The zero-order chi connectivity index (χ0) is 26.8. The molecule has 12 nitrogen and oxygen atoms in total. The van der Waals surface area contributed by atoms with Crippen molar-refractivity contribution >= 4 is 52.2 Å². The number of hydrogen-bond donors (Lipinski definition) is 4. The van der Waals surface area contributed by atoms with Crippen molar-refractivity contribution in [3.05, 3.63) is 66.1 Å². The number of hydrogen-bond acceptors (Lipinski definition) is 9. The van der Waals surface area contributed by atoms with Gasteiger partial charge in [0.2, 0.25) is 0 Å². The van der Waals surface area contributed by atoms with Gasteiger partial charge in [-0.1, -0.05) is 18.2 Å². The largest absolute Gasteiger partial charge is 0.490 e. The Morgan fingerprint density at radius 2 is 2.08 bits per heavy atom. The van der Waals surface area contributed by atoms with Gasteiger partial charge in [-0.25, -0.2) is 9.98 Å². The average Bonchev–Trinajstić information content (AvgIpc) is 2.89. The first-order valence-electron chi connectivity index (χ1n) is 11.1. The van der Waals surface area contributed by atoms with Gasteiger partial charge in [-0.3, -0.25) is 14.4 Å². The van der Waals surface area contributed by atoms with Crippen LogP contribution in [0.25, 0.3) is 0 Å². The molecule has 3 amide bonds. The molecule has 1 aromatic heterocycles. The average molecular weight is 528 g/mol. The van der Waals surface area contributed by atoms with Crippen LogP contribution in [0, 0.1) is 0 Å². The quantitative estimate of drug-likeness (QED) is 0.265. The number of halogens is 1. The van der Waals surface area contributed by atoms with E-state index in [-0.39, 0.29) is 54.2 Å². The maximum absolute atomic E-state index is 13.1. The molecule has 194 valence electrons. The van der Waals surface area contributed by atoms with Gasteiger partial charge in [0.1, 0.15) is 30.5 Å². The minimum atomic E-state index is -0.742. The fourth-order valence-electron chi connectivity index (χ4n) is 3.18. The molecule has 0 atom stereocenters. The number of carbonyl (C=O) groups excluding carboxylic acids is 3. The summed E-state index contributed by atoms with van der Waals surface area (Å²) in [4.78, 5) is 47.6. The highest BCUT2D eigenvalue weighted by molar-refractivity contribution is 6.54. The molecule has 0 saturated carbocycles. The van der Waals surface area contributed by atoms with Crippen LogP contribution in [-0.2, 0) is 19.1 Å². The number of nitrogens with two attached hydrogens (primary N) is 2. The molecule has 1 aliphatic heterocycles. The smallest absolute Gasteiger partial charge is 0.276 e. The number of nitrogens with zero attached hydrogens (tertiary/aromatic N) is 3. The Bertz CT molecular complexity index is 1230. The van der Waals surface area contributed by atoms with E-state index in [0.717, 1.165) is 12.4 Å². The van der Waals surface area contributed by atoms with Crippen LogP contribution in [0.3, 0.4) is 0 Å². The number of anilines is 3. The Balaban J connectivity index is 1.82. The van der Waals surface area contributed by atoms with Crippen molar-refractivity contribution in [2.45, 2.75) is 0 Å². The van der Waals surface area contributed by atoms with Crippen molar-refractivity contribution < 1.29 is 23.9 Å². The van der Waals surface area contributed by atoms with Crippen molar-refractivity contribution in [2.24, 2.45) is 16.5 Å². The van der Waals surface area contributed by atoms with Gasteiger partial charge in [-0.2, -0.15) is 0 Å². The van der Waals surface area contributed by atoms with Gasteiger partial charge >= 0.3 is 0 Å². The first-order chi connectivity index (χ1) is 17.8. The third kappa shape index (κ3) is 7.36. The second-order valence-corrected chi connectivity index (χ2v) is 7.92. The molecule has 2 aromatic rings. The van der Waals surface area contributed by atoms with Crippen LogP contribution in [0.1, 0.15) is 0 Å². The van der Waals surface area contributed by atoms with Crippen molar-refractivity contribution in [1.82, 2.24) is 4.98 Å². The third-order valence-corrected chi connectivity index (χ3v) is 5.14. The van der Waals surface area contributed by atoms with Crippen LogP contribution < -0.4 is 31.7 Å². The molecular formula is C24H26ClN7O5. The van der Waals surface area contributed by atoms with Crippen LogP contribution in [-0.4, -0.2) is 61.3 Å². The first kappa shape index (κ1) is 27.3. The molecule has 1 aromatic carbocycles. The zero-order valence-corrected chi connectivity index (χ0v) is 20.5. The van der Waals surface area contributed by atoms with Gasteiger partial charge in [0.05, 0.1) is 22.9 Å². The predicted molar refractivity (Wildman–Crippen MR) is 141 cm³/mol. The fraction of sp³-hybridized carbons (Fsp3) is 0.208. The summed E-state index contributed by atoms with van der Waals surface area (Å²) < 4.78 is 10.9. The number of carbonyl (C=O) groups is 3. The number of amides is 3. The van der Waals surface area contributed by atoms with E-state index in [1.54, 1.807) is 29.2 Å². The third-order valence-electron chi connectivity index (χ3n) is 4.92. The van der Waals surface area contributed by atoms with E-state index < -0.39 is 11.8 Å². The molecule has 0 aliphatic carbocycles. The fourth-order valence-corrected chi connectivity index (χ4v) is 3.30. The van der Waals surface area contributed by atoms with Gasteiger partial charge in [-0.05, 0) is 24.3 Å². The van der Waals surface area contributed by atoms with Crippen LogP contribution >= 0.6 is 11.6 Å². The molecule has 1 fully saturated rings. The lowest BCUT2D eigenvalue weighted by Crippen LogP contribution is -2.41. The Labute approximate surface area is 218 Å². The summed E-state index contributed by atoms with van der Waals surface area (Å²) in [7, 11) is 0. The molecular weight excluding hydrogens is 502 g/mol. The van der Waals surface area contributed by atoms with Crippen LogP contribution in [0.5, 0.6) is 5.75 Å². The molecule has 0 radical (unpaired) electrons. The van der Waals surface area contributed by atoms with Gasteiger partial charge in [0, 0.05) is 43.4 Å². The lowest BCUT2D eigenvalue weighted by atomic mass is 10.1. The van der Waals surface area contributed by atoms with E-state index in [2.05, 4.69) is 27.2 Å². The summed E-state index contributed by atoms with van der Waals surface area (Å²) in [6.07, 6.45) is 3.60. The Kier molecular flexibility index (Phi) is 9.72. The first-order valence-corrected chi connectivity index (χ1v) is 11.4. The SMILES string of the molecule is C=C(C(=O)Nc1ccc(N2CCOCC2=O)cc1OCCN)/C(=N\C=C/N)C(=O)Nc1ccc(Cl)cn1. The molecule has 0 bridgehead atoms. The normalized spacial score (nSPS) is 13.9. The summed E-state index contributed by atoms with van der Waals surface area (Å²) in [5.74, 6) is -1.20. The van der Waals surface area contributed by atoms with Crippen molar-refractivity contribution in [3.63, 3.8) is 0 Å². The topological polar surface area (TPSA) is 174 Å². The number of aromatic nitrogens is 1. The number of morpholine rings is 1. The second kappa shape index (κ2) is 13.2. The summed E-state index contributed by atoms with van der Waals surface area (Å²) >= 11 is 5.82. The van der Waals surface area contributed by atoms with Crippen molar-refractivity contribution in [2.75, 3.05) is 48.4 Å². The lowest BCUT2D eigenvalue weighted by Gasteiger charge is -2.27. The van der Waals surface area contributed by atoms with E-state index in [1.807, 2.05) is 0 Å². The molecule has 37 heavy (non-hydrogen) atoms. The van der Waals surface area contributed by atoms with E-state index in [9.17, 15) is 14.4 Å². The molecule has 3 rings (SSSR count). The molecule has 13 heteroatoms. The van der Waals surface area contributed by atoms with Gasteiger partial charge in [0.15, 0.2) is 0 Å². The monoisotopic (exact) mass is 527 g/mol. The van der Waals surface area contributed by atoms with E-state index in [1.165, 1.54) is 12.3 Å². The summed E-state index contributed by atoms with van der Waals surface area (Å²) in [6.45, 7) is 4.87. The van der Waals surface area contributed by atoms with E-state index in [0.29, 0.717) is 23.9 Å². The van der Waals surface area contributed by atoms with Crippen LogP contribution in [0.2, 0.25) is 5.02 Å². The van der Waals surface area contributed by atoms with Gasteiger partial charge < -0.3 is 36.5 Å². The van der Waals surface area contributed by atoms with Gasteiger partial charge in [0.25, 0.3) is 17.7 Å². The maximum Gasteiger partial charge on any atom is 0.276 e. The van der Waals surface area contributed by atoms with Crippen molar-refractivity contribution in [1.29, 1.82) is 0 Å². The molecule has 2 heterocycles. The van der Waals surface area contributed by atoms with E-state index in [4.69, 9.17) is 32.5 Å². The molecule has 1 saturated heterocycles. The minimum Gasteiger partial charge on any atom is -0.490 e. The van der Waals surface area contributed by atoms with Crippen LogP contribution in [0.15, 0.2) is 66.1 Å². The van der Waals surface area contributed by atoms with Crippen molar-refractivity contribution in [3.8, 4) is 5.75 Å². The number of aliphatic imine (C=N–C) groups is 1. The molecule has 6 N–H and O–H groups in total. The zero-order valence-electron chi connectivity index (χ0n) is 19.8. The summed E-state index contributed by atoms with van der Waals surface area (Å²) in [6, 6.07) is 7.87. The summed E-state index contributed by atoms with van der Waals surface area (Å²) in [5.41, 5.74) is 11.2. The highest BCUT2D eigenvalue weighted by Crippen LogP contribution is 2.31. The number of nitrogens with one attached hydrogen (secondary N) is 2. The van der Waals surface area contributed by atoms with Gasteiger partial charge in [-0.15, -0.1) is 0 Å². The lowest BCUT2D eigenvalue weighted by molar-refractivity contribution is -0.125. The van der Waals surface area contributed by atoms with E-state index >= 15 is 0 Å². The maximum atomic E-state index is 13.1. The Hall–Kier alpha value is -4.26. The highest BCUT2D eigenvalue weighted by atomic mass is 35.5. The molecule has 0 unspecified atom stereocenters.